The molecule has 3 rings (SSSR count). The lowest BCUT2D eigenvalue weighted by molar-refractivity contribution is -0.141. The van der Waals surface area contributed by atoms with Gasteiger partial charge in [-0.15, -0.1) is 0 Å². The van der Waals surface area contributed by atoms with E-state index in [1.807, 2.05) is 13.0 Å². The quantitative estimate of drug-likeness (QED) is 0.359. The number of aryl methyl sites for hydroxylation is 1. The van der Waals surface area contributed by atoms with E-state index in [9.17, 15) is 9.59 Å². The minimum atomic E-state index is -0.542. The molecule has 1 atom stereocenters. The van der Waals surface area contributed by atoms with E-state index in [1.165, 1.54) is 12.0 Å². The van der Waals surface area contributed by atoms with Gasteiger partial charge < -0.3 is 10.2 Å². The van der Waals surface area contributed by atoms with Crippen LogP contribution >= 0.6 is 23.2 Å². The number of amides is 2. The van der Waals surface area contributed by atoms with E-state index in [2.05, 4.69) is 43.4 Å². The fourth-order valence-corrected chi connectivity index (χ4v) is 5.23. The minimum Gasteiger partial charge on any atom is -0.352 e. The van der Waals surface area contributed by atoms with Gasteiger partial charge in [-0.3, -0.25) is 9.59 Å². The van der Waals surface area contributed by atoms with E-state index < -0.39 is 6.04 Å². The van der Waals surface area contributed by atoms with Crippen LogP contribution in [0, 0.1) is 0 Å². The van der Waals surface area contributed by atoms with E-state index >= 15 is 0 Å². The van der Waals surface area contributed by atoms with Crippen molar-refractivity contribution in [3.63, 3.8) is 0 Å². The Kier molecular flexibility index (Phi) is 10.5. The van der Waals surface area contributed by atoms with E-state index in [1.54, 1.807) is 17.0 Å². The molecule has 1 saturated carbocycles. The lowest BCUT2D eigenvalue weighted by Crippen LogP contribution is -2.51. The van der Waals surface area contributed by atoms with Gasteiger partial charge in [0.15, 0.2) is 0 Å². The summed E-state index contributed by atoms with van der Waals surface area (Å²) >= 11 is 12.5. The first-order valence-corrected chi connectivity index (χ1v) is 13.7. The molecule has 1 N–H and O–H groups in total. The third-order valence-corrected chi connectivity index (χ3v) is 7.55. The zero-order valence-electron chi connectivity index (χ0n) is 21.2. The number of nitrogens with one attached hydrogen (secondary N) is 1. The Morgan fingerprint density at radius 2 is 1.71 bits per heavy atom. The van der Waals surface area contributed by atoms with Crippen LogP contribution < -0.4 is 5.32 Å². The second kappa shape index (κ2) is 13.3. The van der Waals surface area contributed by atoms with Crippen molar-refractivity contribution < 1.29 is 9.59 Å². The van der Waals surface area contributed by atoms with Crippen LogP contribution in [0.3, 0.4) is 0 Å². The Morgan fingerprint density at radius 1 is 1.03 bits per heavy atom. The maximum Gasteiger partial charge on any atom is 0.243 e. The molecule has 0 radical (unpaired) electrons. The average molecular weight is 518 g/mol. The van der Waals surface area contributed by atoms with Crippen molar-refractivity contribution in [2.75, 3.05) is 0 Å². The highest BCUT2D eigenvalue weighted by Crippen LogP contribution is 2.25. The van der Waals surface area contributed by atoms with Gasteiger partial charge in [-0.25, -0.2) is 0 Å². The summed E-state index contributed by atoms with van der Waals surface area (Å²) in [5, 5.41) is 4.27. The number of carbonyl (C=O) groups excluding carboxylic acids is 2. The van der Waals surface area contributed by atoms with Crippen molar-refractivity contribution in [1.29, 1.82) is 0 Å². The normalized spacial score (nSPS) is 15.1. The molecule has 0 bridgehead atoms. The van der Waals surface area contributed by atoms with Crippen molar-refractivity contribution in [2.45, 2.75) is 96.7 Å². The van der Waals surface area contributed by atoms with Crippen molar-refractivity contribution in [2.24, 2.45) is 0 Å². The van der Waals surface area contributed by atoms with Crippen LogP contribution in [-0.4, -0.2) is 28.8 Å². The zero-order chi connectivity index (χ0) is 25.4. The molecule has 2 amide bonds. The number of rotatable bonds is 10. The topological polar surface area (TPSA) is 49.4 Å². The van der Waals surface area contributed by atoms with E-state index in [0.717, 1.165) is 36.8 Å². The summed E-state index contributed by atoms with van der Waals surface area (Å²) < 4.78 is 0. The van der Waals surface area contributed by atoms with Crippen LogP contribution in [0.2, 0.25) is 10.0 Å². The van der Waals surface area contributed by atoms with Crippen LogP contribution in [-0.2, 0) is 22.6 Å². The summed E-state index contributed by atoms with van der Waals surface area (Å²) in [6, 6.07) is 13.4. The Morgan fingerprint density at radius 3 is 2.31 bits per heavy atom. The van der Waals surface area contributed by atoms with Crippen molar-refractivity contribution in [3.05, 3.63) is 69.2 Å². The van der Waals surface area contributed by atoms with Crippen molar-refractivity contribution in [3.8, 4) is 0 Å². The van der Waals surface area contributed by atoms with E-state index in [0.29, 0.717) is 35.2 Å². The van der Waals surface area contributed by atoms with E-state index in [4.69, 9.17) is 23.2 Å². The third kappa shape index (κ3) is 7.98. The molecule has 1 aliphatic carbocycles. The first-order chi connectivity index (χ1) is 16.8. The Hall–Kier alpha value is -2.04. The first-order valence-electron chi connectivity index (χ1n) is 12.9. The average Bonchev–Trinajstić information content (AvgIpc) is 2.84. The molecule has 0 heterocycles. The Balaban J connectivity index is 1.76. The van der Waals surface area contributed by atoms with Gasteiger partial charge in [0.05, 0.1) is 0 Å². The summed E-state index contributed by atoms with van der Waals surface area (Å²) in [4.78, 5) is 28.6. The minimum absolute atomic E-state index is 0.0467. The number of carbonyl (C=O) groups is 2. The maximum atomic E-state index is 13.5. The summed E-state index contributed by atoms with van der Waals surface area (Å²) in [5.41, 5.74) is 3.19. The zero-order valence-corrected chi connectivity index (χ0v) is 22.7. The summed E-state index contributed by atoms with van der Waals surface area (Å²) in [6.45, 7) is 6.57. The molecule has 2 aromatic carbocycles. The Bertz CT molecular complexity index is 985. The summed E-state index contributed by atoms with van der Waals surface area (Å²) in [7, 11) is 0. The number of hydrogen-bond acceptors (Lipinski definition) is 2. The molecule has 6 heteroatoms. The second-order valence-corrected chi connectivity index (χ2v) is 10.8. The monoisotopic (exact) mass is 516 g/mol. The van der Waals surface area contributed by atoms with Gasteiger partial charge in [-0.2, -0.15) is 0 Å². The molecule has 0 unspecified atom stereocenters. The van der Waals surface area contributed by atoms with Crippen LogP contribution in [0.4, 0.5) is 0 Å². The molecule has 1 aliphatic rings. The number of benzene rings is 2. The van der Waals surface area contributed by atoms with Gasteiger partial charge in [0.2, 0.25) is 11.8 Å². The predicted octanol–water partition coefficient (Wildman–Crippen LogP) is 7.31. The molecule has 0 spiro atoms. The third-order valence-electron chi connectivity index (χ3n) is 6.97. The Labute approximate surface area is 220 Å². The molecule has 1 fully saturated rings. The molecule has 190 valence electrons. The standard InChI is InChI=1S/C29H38Cl2N2O2/c1-4-27(29(35)32-25-8-6-5-7-9-25)33(19-23-15-16-24(30)18-26(23)31)28(34)17-12-21-10-13-22(14-11-21)20(2)3/h10-11,13-16,18,20,25,27H,4-9,12,17,19H2,1-3H3,(H,32,35)/t27-/m1/s1. The van der Waals surface area contributed by atoms with Crippen molar-refractivity contribution >= 4 is 35.0 Å². The smallest absolute Gasteiger partial charge is 0.243 e. The predicted molar refractivity (Wildman–Crippen MR) is 145 cm³/mol. The molecule has 35 heavy (non-hydrogen) atoms. The van der Waals surface area contributed by atoms with Gasteiger partial charge in [-0.05, 0) is 60.4 Å². The first kappa shape index (κ1) is 27.5. The summed E-state index contributed by atoms with van der Waals surface area (Å²) in [6.07, 6.45) is 7.01. The van der Waals surface area contributed by atoms with Gasteiger partial charge in [0.1, 0.15) is 6.04 Å². The molecule has 0 aromatic heterocycles. The molecular formula is C29H38Cl2N2O2. The highest BCUT2D eigenvalue weighted by atomic mass is 35.5. The van der Waals surface area contributed by atoms with Crippen LogP contribution in [0.25, 0.3) is 0 Å². The van der Waals surface area contributed by atoms with Crippen LogP contribution in [0.15, 0.2) is 42.5 Å². The number of hydrogen-bond donors (Lipinski definition) is 1. The second-order valence-electron chi connectivity index (χ2n) is 9.92. The molecular weight excluding hydrogens is 479 g/mol. The summed E-state index contributed by atoms with van der Waals surface area (Å²) in [5.74, 6) is 0.354. The van der Waals surface area contributed by atoms with Crippen molar-refractivity contribution in [1.82, 2.24) is 10.2 Å². The lowest BCUT2D eigenvalue weighted by atomic mass is 9.95. The fourth-order valence-electron chi connectivity index (χ4n) is 4.76. The van der Waals surface area contributed by atoms with Gasteiger partial charge >= 0.3 is 0 Å². The highest BCUT2D eigenvalue weighted by Gasteiger charge is 2.30. The van der Waals surface area contributed by atoms with Gasteiger partial charge in [0.25, 0.3) is 0 Å². The van der Waals surface area contributed by atoms with Crippen LogP contribution in [0.5, 0.6) is 0 Å². The fraction of sp³-hybridized carbons (Fsp3) is 0.517. The van der Waals surface area contributed by atoms with Gasteiger partial charge in [-0.1, -0.05) is 93.6 Å². The largest absolute Gasteiger partial charge is 0.352 e. The highest BCUT2D eigenvalue weighted by molar-refractivity contribution is 6.35. The molecule has 0 saturated heterocycles. The van der Waals surface area contributed by atoms with Crippen LogP contribution in [0.1, 0.15) is 88.3 Å². The SMILES string of the molecule is CC[C@H](C(=O)NC1CCCCC1)N(Cc1ccc(Cl)cc1Cl)C(=O)CCc1ccc(C(C)C)cc1. The maximum absolute atomic E-state index is 13.5. The van der Waals surface area contributed by atoms with E-state index in [-0.39, 0.29) is 24.4 Å². The molecule has 4 nitrogen and oxygen atoms in total. The molecule has 2 aromatic rings. The number of nitrogens with zero attached hydrogens (tertiary/aromatic N) is 1. The number of halogens is 2. The van der Waals surface area contributed by atoms with Gasteiger partial charge in [0, 0.05) is 29.1 Å². The lowest BCUT2D eigenvalue weighted by Gasteiger charge is -2.33. The molecule has 0 aliphatic heterocycles.